The molecule has 0 aromatic heterocycles. The summed E-state index contributed by atoms with van der Waals surface area (Å²) in [6.45, 7) is 12.7. The van der Waals surface area contributed by atoms with Gasteiger partial charge in [-0.25, -0.2) is 0 Å². The van der Waals surface area contributed by atoms with Gasteiger partial charge in [-0.2, -0.15) is 0 Å². The Bertz CT molecular complexity index is 567. The summed E-state index contributed by atoms with van der Waals surface area (Å²) in [5.74, 6) is 0. The molecule has 1 aromatic rings. The summed E-state index contributed by atoms with van der Waals surface area (Å²) in [7, 11) is -10.7. The zero-order valence-electron chi connectivity index (χ0n) is 13.9. The quantitative estimate of drug-likeness (QED) is 0.395. The molecule has 0 bridgehead atoms. The second-order valence-corrected chi connectivity index (χ2v) is 8.49. The summed E-state index contributed by atoms with van der Waals surface area (Å²) in [6.07, 6.45) is 1.22. The van der Waals surface area contributed by atoms with Crippen molar-refractivity contribution in [3.8, 4) is 0 Å². The van der Waals surface area contributed by atoms with Crippen molar-refractivity contribution in [1.82, 2.24) is 0 Å². The zero-order valence-corrected chi connectivity index (χ0v) is 14.8. The van der Waals surface area contributed by atoms with E-state index in [1.165, 1.54) is 29.8 Å². The number of halogens is 6. The molecular formula is C15H23F6NP-. The molecule has 0 saturated carbocycles. The van der Waals surface area contributed by atoms with Crippen LogP contribution in [0.3, 0.4) is 0 Å². The number of anilines is 1. The van der Waals surface area contributed by atoms with Crippen LogP contribution in [0.5, 0.6) is 0 Å². The Morgan fingerprint density at radius 3 is 2.00 bits per heavy atom. The Morgan fingerprint density at radius 2 is 1.57 bits per heavy atom. The predicted molar refractivity (Wildman–Crippen MR) is 84.9 cm³/mol. The van der Waals surface area contributed by atoms with Crippen LogP contribution in [-0.2, 0) is 5.41 Å². The van der Waals surface area contributed by atoms with Crippen molar-refractivity contribution in [2.75, 3.05) is 11.4 Å². The number of hydrogen-bond acceptors (Lipinski definition) is 1. The summed E-state index contributed by atoms with van der Waals surface area (Å²) in [4.78, 5) is 2.56. The fraction of sp³-hybridized carbons (Fsp3) is 0.600. The molecule has 1 nitrogen and oxygen atoms in total. The third-order valence-electron chi connectivity index (χ3n) is 4.13. The summed E-state index contributed by atoms with van der Waals surface area (Å²) < 4.78 is 59.2. The molecule has 1 aliphatic heterocycles. The SMILES string of the molecule is CCCN1c2ccc(C)cc2C(C)(C)C1C.F[P-](F)(F)(F)(F)F. The van der Waals surface area contributed by atoms with Crippen LogP contribution in [0.25, 0.3) is 0 Å². The van der Waals surface area contributed by atoms with Crippen molar-refractivity contribution >= 4 is 13.5 Å². The summed E-state index contributed by atoms with van der Waals surface area (Å²) in [5, 5.41) is 0. The van der Waals surface area contributed by atoms with Gasteiger partial charge in [0, 0.05) is 23.7 Å². The van der Waals surface area contributed by atoms with E-state index in [4.69, 9.17) is 0 Å². The van der Waals surface area contributed by atoms with Crippen LogP contribution in [-0.4, -0.2) is 12.6 Å². The normalized spacial score (nSPS) is 22.6. The van der Waals surface area contributed by atoms with Gasteiger partial charge in [0.05, 0.1) is 0 Å². The Hall–Kier alpha value is -0.970. The molecule has 1 aliphatic rings. The first-order chi connectivity index (χ1) is 9.93. The van der Waals surface area contributed by atoms with Crippen LogP contribution in [0.4, 0.5) is 30.9 Å². The number of hydrogen-bond donors (Lipinski definition) is 0. The second kappa shape index (κ2) is 5.27. The number of fused-ring (bicyclic) bond motifs is 1. The molecular weight excluding hydrogens is 339 g/mol. The van der Waals surface area contributed by atoms with Crippen LogP contribution in [0.15, 0.2) is 18.2 Å². The average Bonchev–Trinajstić information content (AvgIpc) is 2.47. The van der Waals surface area contributed by atoms with E-state index in [2.05, 4.69) is 57.7 Å². The van der Waals surface area contributed by atoms with Crippen LogP contribution in [0.1, 0.15) is 45.2 Å². The van der Waals surface area contributed by atoms with Crippen molar-refractivity contribution in [2.24, 2.45) is 0 Å². The van der Waals surface area contributed by atoms with Crippen molar-refractivity contribution < 1.29 is 25.2 Å². The molecule has 0 N–H and O–H groups in total. The topological polar surface area (TPSA) is 3.24 Å². The van der Waals surface area contributed by atoms with E-state index in [1.807, 2.05) is 0 Å². The molecule has 0 spiro atoms. The molecule has 1 atom stereocenters. The molecule has 23 heavy (non-hydrogen) atoms. The molecule has 2 rings (SSSR count). The molecule has 0 amide bonds. The first-order valence-corrected chi connectivity index (χ1v) is 9.40. The fourth-order valence-electron chi connectivity index (χ4n) is 2.79. The van der Waals surface area contributed by atoms with Gasteiger partial charge in [-0.1, -0.05) is 38.5 Å². The van der Waals surface area contributed by atoms with E-state index in [0.29, 0.717) is 6.04 Å². The maximum atomic E-state index is 9.87. The maximum absolute atomic E-state index is 10.7. The van der Waals surface area contributed by atoms with Gasteiger partial charge in [-0.05, 0) is 31.9 Å². The number of rotatable bonds is 2. The Balaban J connectivity index is 0.000000322. The van der Waals surface area contributed by atoms with Crippen LogP contribution < -0.4 is 4.90 Å². The minimum absolute atomic E-state index is 0.274. The summed E-state index contributed by atoms with van der Waals surface area (Å²) in [5.41, 5.74) is 4.62. The van der Waals surface area contributed by atoms with Gasteiger partial charge < -0.3 is 4.90 Å². The zero-order chi connectivity index (χ0) is 18.3. The summed E-state index contributed by atoms with van der Waals surface area (Å²) in [6, 6.07) is 7.49. The number of aryl methyl sites for hydroxylation is 1. The van der Waals surface area contributed by atoms with E-state index in [0.717, 1.165) is 0 Å². The van der Waals surface area contributed by atoms with Crippen molar-refractivity contribution in [1.29, 1.82) is 0 Å². The Kier molecular flexibility index (Phi) is 4.60. The van der Waals surface area contributed by atoms with Gasteiger partial charge in [0.2, 0.25) is 0 Å². The molecule has 0 saturated heterocycles. The number of benzene rings is 1. The van der Waals surface area contributed by atoms with E-state index in [1.54, 1.807) is 0 Å². The third kappa shape index (κ3) is 6.21. The predicted octanol–water partition coefficient (Wildman–Crippen LogP) is 7.27. The number of nitrogens with zero attached hydrogens (tertiary/aromatic N) is 1. The van der Waals surface area contributed by atoms with Crippen LogP contribution in [0.2, 0.25) is 0 Å². The van der Waals surface area contributed by atoms with Gasteiger partial charge in [0.1, 0.15) is 0 Å². The standard InChI is InChI=1S/C15H23N.F6P/c1-6-9-16-12(3)15(4,5)13-10-11(2)7-8-14(13)16;1-7(2,3,4,5)6/h7-8,10,12H,6,9H2,1-5H3;/q;-1. The third-order valence-corrected chi connectivity index (χ3v) is 4.13. The van der Waals surface area contributed by atoms with E-state index in [9.17, 15) is 25.2 Å². The molecule has 0 radical (unpaired) electrons. The van der Waals surface area contributed by atoms with Gasteiger partial charge in [0.25, 0.3) is 0 Å². The molecule has 1 unspecified atom stereocenters. The first kappa shape index (κ1) is 20.1. The molecule has 8 heteroatoms. The fourth-order valence-corrected chi connectivity index (χ4v) is 2.79. The molecule has 136 valence electrons. The minimum atomic E-state index is -10.7. The van der Waals surface area contributed by atoms with Crippen molar-refractivity contribution in [2.45, 2.75) is 52.5 Å². The van der Waals surface area contributed by atoms with Gasteiger partial charge >= 0.3 is 33.0 Å². The van der Waals surface area contributed by atoms with Gasteiger partial charge in [0.15, 0.2) is 0 Å². The Labute approximate surface area is 132 Å². The van der Waals surface area contributed by atoms with E-state index >= 15 is 0 Å². The first-order valence-electron chi connectivity index (χ1n) is 7.37. The van der Waals surface area contributed by atoms with E-state index < -0.39 is 7.81 Å². The molecule has 1 heterocycles. The van der Waals surface area contributed by atoms with Crippen LogP contribution >= 0.6 is 7.81 Å². The van der Waals surface area contributed by atoms with Crippen LogP contribution in [0, 0.1) is 6.92 Å². The average molecular weight is 362 g/mol. The Morgan fingerprint density at radius 1 is 1.09 bits per heavy atom. The summed E-state index contributed by atoms with van der Waals surface area (Å²) >= 11 is 0. The molecule has 0 aliphatic carbocycles. The molecule has 0 fully saturated rings. The van der Waals surface area contributed by atoms with E-state index in [-0.39, 0.29) is 5.41 Å². The van der Waals surface area contributed by atoms with Gasteiger partial charge in [-0.3, -0.25) is 0 Å². The van der Waals surface area contributed by atoms with Crippen molar-refractivity contribution in [3.63, 3.8) is 0 Å². The second-order valence-electron chi connectivity index (χ2n) is 6.57. The van der Waals surface area contributed by atoms with Gasteiger partial charge in [-0.15, -0.1) is 0 Å². The van der Waals surface area contributed by atoms with Crippen molar-refractivity contribution in [3.05, 3.63) is 29.3 Å². The molecule has 1 aromatic carbocycles. The monoisotopic (exact) mass is 362 g/mol.